The first-order chi connectivity index (χ1) is 8.18. The molecule has 0 saturated carbocycles. The quantitative estimate of drug-likeness (QED) is 0.859. The highest BCUT2D eigenvalue weighted by Crippen LogP contribution is 2.37. The molecule has 0 unspecified atom stereocenters. The van der Waals surface area contributed by atoms with Crippen molar-refractivity contribution in [3.05, 3.63) is 22.9 Å². The number of methoxy groups -OCH3 is 1. The van der Waals surface area contributed by atoms with Crippen LogP contribution >= 0.6 is 0 Å². The Morgan fingerprint density at radius 2 is 2.00 bits per heavy atom. The Balaban J connectivity index is 3.63. The van der Waals surface area contributed by atoms with E-state index in [1.54, 1.807) is 0 Å². The van der Waals surface area contributed by atoms with E-state index in [9.17, 15) is 26.7 Å². The Labute approximate surface area is 97.0 Å². The fourth-order valence-corrected chi connectivity index (χ4v) is 1.23. The predicted molar refractivity (Wildman–Crippen MR) is 47.7 cm³/mol. The van der Waals surface area contributed by atoms with Crippen molar-refractivity contribution < 1.29 is 36.6 Å². The van der Waals surface area contributed by atoms with Crippen molar-refractivity contribution in [3.8, 4) is 5.88 Å². The molecule has 0 aliphatic carbocycles. The Morgan fingerprint density at radius 1 is 1.44 bits per heavy atom. The lowest BCUT2D eigenvalue weighted by atomic mass is 10.1. The summed E-state index contributed by atoms with van der Waals surface area (Å²) in [5.41, 5.74) is -4.23. The van der Waals surface area contributed by atoms with Crippen LogP contribution in [0, 0.1) is 0 Å². The molecule has 18 heavy (non-hydrogen) atoms. The van der Waals surface area contributed by atoms with Gasteiger partial charge in [0, 0.05) is 0 Å². The number of ether oxygens (including phenoxy) is 1. The van der Waals surface area contributed by atoms with Gasteiger partial charge in [-0.15, -0.1) is 0 Å². The lowest BCUT2D eigenvalue weighted by Gasteiger charge is -2.14. The first-order valence-electron chi connectivity index (χ1n) is 4.36. The van der Waals surface area contributed by atoms with Gasteiger partial charge in [0.05, 0.1) is 12.7 Å². The topological polar surface area (TPSA) is 59.4 Å². The zero-order valence-electron chi connectivity index (χ0n) is 8.76. The fraction of sp³-hybridized carbons (Fsp3) is 0.333. The lowest BCUT2D eigenvalue weighted by molar-refractivity contribution is -0.138. The normalized spacial score (nSPS) is 11.7. The number of rotatable bonds is 3. The van der Waals surface area contributed by atoms with Crippen molar-refractivity contribution in [1.29, 1.82) is 0 Å². The molecule has 100 valence electrons. The van der Waals surface area contributed by atoms with Crippen LogP contribution in [0.5, 0.6) is 5.88 Å². The maximum absolute atomic E-state index is 12.6. The van der Waals surface area contributed by atoms with Crippen molar-refractivity contribution in [3.63, 3.8) is 0 Å². The molecular formula is C9H6F5NO3. The van der Waals surface area contributed by atoms with Crippen LogP contribution in [0.15, 0.2) is 6.07 Å². The summed E-state index contributed by atoms with van der Waals surface area (Å²) in [5.74, 6) is -2.97. The molecule has 9 heteroatoms. The number of alkyl halides is 5. The van der Waals surface area contributed by atoms with Crippen LogP contribution in [0.2, 0.25) is 0 Å². The summed E-state index contributed by atoms with van der Waals surface area (Å²) in [7, 11) is 0.837. The van der Waals surface area contributed by atoms with Crippen LogP contribution in [0.25, 0.3) is 0 Å². The largest absolute Gasteiger partial charge is 0.480 e. The molecular weight excluding hydrogens is 265 g/mol. The average Bonchev–Trinajstić information content (AvgIpc) is 2.25. The third kappa shape index (κ3) is 2.66. The Hall–Kier alpha value is -1.93. The van der Waals surface area contributed by atoms with Crippen LogP contribution in [0.1, 0.15) is 28.0 Å². The molecule has 0 amide bonds. The number of halogens is 5. The van der Waals surface area contributed by atoms with E-state index in [2.05, 4.69) is 9.72 Å². The van der Waals surface area contributed by atoms with E-state index in [1.807, 2.05) is 0 Å². The third-order valence-electron chi connectivity index (χ3n) is 1.94. The number of aromatic carboxylic acids is 1. The highest BCUT2D eigenvalue weighted by atomic mass is 19.4. The number of hydrogen-bond donors (Lipinski definition) is 1. The van der Waals surface area contributed by atoms with Crippen molar-refractivity contribution in [2.24, 2.45) is 0 Å². The number of hydrogen-bond acceptors (Lipinski definition) is 3. The van der Waals surface area contributed by atoms with Gasteiger partial charge in [0.15, 0.2) is 0 Å². The number of carboxylic acids is 1. The minimum Gasteiger partial charge on any atom is -0.480 e. The molecule has 1 rings (SSSR count). The van der Waals surface area contributed by atoms with E-state index in [0.29, 0.717) is 0 Å². The number of aromatic nitrogens is 1. The molecule has 1 aromatic heterocycles. The maximum Gasteiger partial charge on any atom is 0.417 e. The number of pyridine rings is 1. The van der Waals surface area contributed by atoms with Crippen LogP contribution in [0.4, 0.5) is 22.0 Å². The standard InChI is InChI=1S/C9H6F5NO3/c1-18-7-5(8(16)17)3(9(12,13)14)2-4(15-7)6(10)11/h2,6H,1H3,(H,16,17). The van der Waals surface area contributed by atoms with E-state index in [0.717, 1.165) is 7.11 Å². The van der Waals surface area contributed by atoms with Gasteiger partial charge < -0.3 is 9.84 Å². The zero-order valence-corrected chi connectivity index (χ0v) is 8.76. The SMILES string of the molecule is COc1nc(C(F)F)cc(C(F)(F)F)c1C(=O)O. The third-order valence-corrected chi connectivity index (χ3v) is 1.94. The summed E-state index contributed by atoms with van der Waals surface area (Å²) in [6, 6.07) is -0.00333. The minimum absolute atomic E-state index is 0.00333. The molecule has 0 radical (unpaired) electrons. The second kappa shape index (κ2) is 4.75. The van der Waals surface area contributed by atoms with Crippen molar-refractivity contribution >= 4 is 5.97 Å². The van der Waals surface area contributed by atoms with E-state index in [1.165, 1.54) is 0 Å². The smallest absolute Gasteiger partial charge is 0.417 e. The van der Waals surface area contributed by atoms with Gasteiger partial charge in [-0.25, -0.2) is 18.6 Å². The number of carbonyl (C=O) groups is 1. The minimum atomic E-state index is -5.10. The van der Waals surface area contributed by atoms with Gasteiger partial charge in [0.25, 0.3) is 6.43 Å². The van der Waals surface area contributed by atoms with Crippen molar-refractivity contribution in [1.82, 2.24) is 4.98 Å². The summed E-state index contributed by atoms with van der Waals surface area (Å²) in [6.45, 7) is 0. The summed E-state index contributed by atoms with van der Waals surface area (Å²) < 4.78 is 66.7. The van der Waals surface area contributed by atoms with Gasteiger partial charge in [0.2, 0.25) is 5.88 Å². The fourth-order valence-electron chi connectivity index (χ4n) is 1.23. The first-order valence-corrected chi connectivity index (χ1v) is 4.36. The Kier molecular flexibility index (Phi) is 3.73. The van der Waals surface area contributed by atoms with Crippen LogP contribution in [0.3, 0.4) is 0 Å². The predicted octanol–water partition coefficient (Wildman–Crippen LogP) is 2.74. The summed E-state index contributed by atoms with van der Waals surface area (Å²) >= 11 is 0. The van der Waals surface area contributed by atoms with Gasteiger partial charge in [-0.3, -0.25) is 0 Å². The highest BCUT2D eigenvalue weighted by Gasteiger charge is 2.39. The van der Waals surface area contributed by atoms with E-state index < -0.39 is 41.3 Å². The molecule has 1 N–H and O–H groups in total. The van der Waals surface area contributed by atoms with Gasteiger partial charge in [0.1, 0.15) is 11.3 Å². The Bertz CT molecular complexity index is 472. The van der Waals surface area contributed by atoms with Crippen LogP contribution < -0.4 is 4.74 Å². The second-order valence-corrected chi connectivity index (χ2v) is 3.08. The number of carboxylic acid groups (broad SMARTS) is 1. The average molecular weight is 271 g/mol. The van der Waals surface area contributed by atoms with Crippen molar-refractivity contribution in [2.75, 3.05) is 7.11 Å². The molecule has 0 saturated heterocycles. The summed E-state index contributed by atoms with van der Waals surface area (Å²) in [5, 5.41) is 8.66. The van der Waals surface area contributed by atoms with Gasteiger partial charge in [-0.1, -0.05) is 0 Å². The molecule has 0 aliphatic rings. The molecule has 0 fully saturated rings. The molecule has 0 atom stereocenters. The van der Waals surface area contributed by atoms with Crippen molar-refractivity contribution in [2.45, 2.75) is 12.6 Å². The highest BCUT2D eigenvalue weighted by molar-refractivity contribution is 5.92. The second-order valence-electron chi connectivity index (χ2n) is 3.08. The molecule has 0 aromatic carbocycles. The van der Waals surface area contributed by atoms with Gasteiger partial charge in [-0.05, 0) is 6.07 Å². The monoisotopic (exact) mass is 271 g/mol. The zero-order chi connectivity index (χ0) is 14.1. The molecule has 1 aromatic rings. The van der Waals surface area contributed by atoms with Crippen LogP contribution in [-0.2, 0) is 6.18 Å². The number of nitrogens with zero attached hydrogens (tertiary/aromatic N) is 1. The summed E-state index contributed by atoms with van der Waals surface area (Å²) in [4.78, 5) is 13.8. The summed E-state index contributed by atoms with van der Waals surface area (Å²) in [6.07, 6.45) is -8.38. The molecule has 0 aliphatic heterocycles. The van der Waals surface area contributed by atoms with E-state index in [-0.39, 0.29) is 6.07 Å². The lowest BCUT2D eigenvalue weighted by Crippen LogP contribution is -2.16. The molecule has 0 bridgehead atoms. The molecule has 0 spiro atoms. The Morgan fingerprint density at radius 3 is 2.33 bits per heavy atom. The van der Waals surface area contributed by atoms with Crippen LogP contribution in [-0.4, -0.2) is 23.2 Å². The molecule has 1 heterocycles. The maximum atomic E-state index is 12.6. The molecule has 4 nitrogen and oxygen atoms in total. The van der Waals surface area contributed by atoms with E-state index in [4.69, 9.17) is 5.11 Å². The van der Waals surface area contributed by atoms with Gasteiger partial charge in [-0.2, -0.15) is 13.2 Å². The van der Waals surface area contributed by atoms with Gasteiger partial charge >= 0.3 is 12.1 Å². The van der Waals surface area contributed by atoms with E-state index >= 15 is 0 Å². The first kappa shape index (κ1) is 14.1.